The Labute approximate surface area is 233 Å². The van der Waals surface area contributed by atoms with Crippen LogP contribution in [0.15, 0.2) is 59.2 Å². The van der Waals surface area contributed by atoms with E-state index in [9.17, 15) is 4.79 Å². The minimum Gasteiger partial charge on any atom is -0.294 e. The fourth-order valence-electron chi connectivity index (χ4n) is 10.6. The summed E-state index contributed by atoms with van der Waals surface area (Å²) in [4.78, 5) is 13.9. The molecule has 0 radical (unpaired) electrons. The minimum absolute atomic E-state index is 0.172. The van der Waals surface area contributed by atoms with Crippen LogP contribution in [-0.2, 0) is 4.79 Å². The summed E-state index contributed by atoms with van der Waals surface area (Å²) >= 11 is 0. The van der Waals surface area contributed by atoms with Gasteiger partial charge in [0.2, 0.25) is 0 Å². The Kier molecular flexibility index (Phi) is 7.02. The lowest BCUT2D eigenvalue weighted by Gasteiger charge is -2.69. The van der Waals surface area contributed by atoms with Crippen molar-refractivity contribution in [3.63, 3.8) is 0 Å². The average molecular weight is 513 g/mol. The number of carbonyl (C=O) groups is 1. The SMILES string of the molecule is CC(C)=CC/C=C(/C)[C@H]1CC[C@]2(C)[C@@H]1CC[C@@H]1[C@@]3(C)C/C(=C/c4ccccc4)C(=O)C(C)(C)[C@@H]3CC[C@]12C. The van der Waals surface area contributed by atoms with Gasteiger partial charge in [0, 0.05) is 5.41 Å². The van der Waals surface area contributed by atoms with Crippen molar-refractivity contribution in [2.75, 3.05) is 0 Å². The van der Waals surface area contributed by atoms with Gasteiger partial charge in [-0.15, -0.1) is 0 Å². The Hall–Kier alpha value is -1.89. The van der Waals surface area contributed by atoms with Crippen LogP contribution in [0.1, 0.15) is 112 Å². The third-order valence-corrected chi connectivity index (χ3v) is 12.7. The van der Waals surface area contributed by atoms with Crippen molar-refractivity contribution in [3.05, 3.63) is 64.8 Å². The molecule has 4 aliphatic carbocycles. The van der Waals surface area contributed by atoms with Crippen LogP contribution in [0.25, 0.3) is 6.08 Å². The number of hydrogen-bond acceptors (Lipinski definition) is 1. The number of rotatable bonds is 4. The van der Waals surface area contributed by atoms with E-state index in [-0.39, 0.29) is 10.8 Å². The highest BCUT2D eigenvalue weighted by Gasteiger charge is 2.69. The summed E-state index contributed by atoms with van der Waals surface area (Å²) in [6, 6.07) is 10.5. The first-order valence-electron chi connectivity index (χ1n) is 15.4. The molecule has 0 amide bonds. The molecule has 0 bridgehead atoms. The third kappa shape index (κ3) is 4.13. The molecule has 206 valence electrons. The zero-order chi connectivity index (χ0) is 27.5. The summed E-state index contributed by atoms with van der Waals surface area (Å²) in [5.74, 6) is 3.08. The first-order chi connectivity index (χ1) is 17.8. The lowest BCUT2D eigenvalue weighted by Crippen LogP contribution is -2.63. The quantitative estimate of drug-likeness (QED) is 0.290. The van der Waals surface area contributed by atoms with Gasteiger partial charge in [-0.3, -0.25) is 4.79 Å². The Morgan fingerprint density at radius 1 is 0.842 bits per heavy atom. The van der Waals surface area contributed by atoms with Crippen LogP contribution < -0.4 is 0 Å². The van der Waals surface area contributed by atoms with Crippen molar-refractivity contribution >= 4 is 11.9 Å². The molecule has 0 heterocycles. The van der Waals surface area contributed by atoms with Gasteiger partial charge in [0.25, 0.3) is 0 Å². The van der Waals surface area contributed by atoms with Gasteiger partial charge in [0.15, 0.2) is 5.78 Å². The van der Waals surface area contributed by atoms with Gasteiger partial charge < -0.3 is 0 Å². The first kappa shape index (κ1) is 27.7. The number of hydrogen-bond donors (Lipinski definition) is 0. The average Bonchev–Trinajstić information content (AvgIpc) is 3.21. The van der Waals surface area contributed by atoms with Gasteiger partial charge in [-0.25, -0.2) is 0 Å². The predicted molar refractivity (Wildman–Crippen MR) is 162 cm³/mol. The molecule has 5 rings (SSSR count). The fourth-order valence-corrected chi connectivity index (χ4v) is 10.6. The van der Waals surface area contributed by atoms with Crippen LogP contribution in [0.4, 0.5) is 0 Å². The highest BCUT2D eigenvalue weighted by Crippen LogP contribution is 2.75. The summed E-state index contributed by atoms with van der Waals surface area (Å²) in [5.41, 5.74) is 5.88. The van der Waals surface area contributed by atoms with E-state index < -0.39 is 0 Å². The van der Waals surface area contributed by atoms with Gasteiger partial charge in [-0.2, -0.15) is 0 Å². The monoisotopic (exact) mass is 512 g/mol. The van der Waals surface area contributed by atoms with E-state index in [1.54, 1.807) is 5.57 Å². The third-order valence-electron chi connectivity index (χ3n) is 12.7. The molecule has 0 aliphatic heterocycles. The summed E-state index contributed by atoms with van der Waals surface area (Å²) in [5, 5.41) is 0. The smallest absolute Gasteiger partial charge is 0.164 e. The maximum atomic E-state index is 13.9. The largest absolute Gasteiger partial charge is 0.294 e. The molecule has 1 aromatic rings. The molecule has 4 fully saturated rings. The summed E-state index contributed by atoms with van der Waals surface area (Å²) < 4.78 is 0. The number of Topliss-reactive ketones (excluding diaryl/α,β-unsaturated/α-hetero) is 1. The molecule has 0 aromatic heterocycles. The molecule has 4 aliphatic rings. The van der Waals surface area contributed by atoms with Crippen LogP contribution in [0.5, 0.6) is 0 Å². The number of benzene rings is 1. The number of ketones is 1. The first-order valence-corrected chi connectivity index (χ1v) is 15.4. The maximum absolute atomic E-state index is 13.9. The highest BCUT2D eigenvalue weighted by molar-refractivity contribution is 6.04. The topological polar surface area (TPSA) is 17.1 Å². The van der Waals surface area contributed by atoms with Crippen LogP contribution in [0.3, 0.4) is 0 Å². The van der Waals surface area contributed by atoms with Crippen LogP contribution in [0.2, 0.25) is 0 Å². The minimum atomic E-state index is -0.296. The second-order valence-corrected chi connectivity index (χ2v) is 15.1. The summed E-state index contributed by atoms with van der Waals surface area (Å²) in [6.07, 6.45) is 17.0. The molecule has 0 unspecified atom stereocenters. The molecule has 0 saturated heterocycles. The van der Waals surface area contributed by atoms with Gasteiger partial charge >= 0.3 is 0 Å². The van der Waals surface area contributed by atoms with Crippen LogP contribution >= 0.6 is 0 Å². The molecule has 1 heteroatoms. The van der Waals surface area contributed by atoms with E-state index in [1.165, 1.54) is 44.1 Å². The van der Waals surface area contributed by atoms with Crippen molar-refractivity contribution < 1.29 is 4.79 Å². The van der Waals surface area contributed by atoms with Gasteiger partial charge in [0.05, 0.1) is 0 Å². The molecule has 1 aromatic carbocycles. The number of carbonyl (C=O) groups excluding carboxylic acids is 1. The molecule has 4 saturated carbocycles. The Balaban J connectivity index is 1.49. The van der Waals surface area contributed by atoms with E-state index in [4.69, 9.17) is 0 Å². The van der Waals surface area contributed by atoms with Crippen molar-refractivity contribution in [1.29, 1.82) is 0 Å². The van der Waals surface area contributed by atoms with Crippen LogP contribution in [0, 0.1) is 45.3 Å². The zero-order valence-electron chi connectivity index (χ0n) is 25.5. The highest BCUT2D eigenvalue weighted by atomic mass is 16.1. The molecule has 38 heavy (non-hydrogen) atoms. The Morgan fingerprint density at radius 3 is 2.21 bits per heavy atom. The van der Waals surface area contributed by atoms with Gasteiger partial charge in [-0.1, -0.05) is 88.2 Å². The van der Waals surface area contributed by atoms with Crippen molar-refractivity contribution in [2.45, 2.75) is 107 Å². The van der Waals surface area contributed by atoms with Crippen molar-refractivity contribution in [1.82, 2.24) is 0 Å². The van der Waals surface area contributed by atoms with Crippen molar-refractivity contribution in [3.8, 4) is 0 Å². The Morgan fingerprint density at radius 2 is 1.53 bits per heavy atom. The molecule has 0 spiro atoms. The van der Waals surface area contributed by atoms with E-state index in [0.717, 1.165) is 35.8 Å². The van der Waals surface area contributed by atoms with E-state index >= 15 is 0 Å². The molecule has 0 N–H and O–H groups in total. The number of fused-ring (bicyclic) bond motifs is 5. The standard InChI is InChI=1S/C37H52O/c1-25(2)13-12-14-26(3)29-19-21-36(7)30(29)17-18-32-35(6)24-28(23-27-15-10-9-11-16-27)33(38)34(4,5)31(35)20-22-37(32,36)8/h9-11,13-16,23,29-32H,12,17-22,24H2,1-8H3/b26-14-,28-23-/t29-,30-,31+,32-,35+,36-,37-/m1/s1. The molecular weight excluding hydrogens is 460 g/mol. The predicted octanol–water partition coefficient (Wildman–Crippen LogP) is 10.2. The Bertz CT molecular complexity index is 1160. The summed E-state index contributed by atoms with van der Waals surface area (Å²) in [6.45, 7) is 19.3. The second-order valence-electron chi connectivity index (χ2n) is 15.1. The van der Waals surface area contributed by atoms with E-state index in [1.807, 2.05) is 0 Å². The molecular formula is C37H52O. The van der Waals surface area contributed by atoms with E-state index in [0.29, 0.717) is 28.4 Å². The fraction of sp³-hybridized carbons (Fsp3) is 0.649. The molecule has 1 nitrogen and oxygen atoms in total. The zero-order valence-corrected chi connectivity index (χ0v) is 25.5. The van der Waals surface area contributed by atoms with Gasteiger partial charge in [-0.05, 0) is 129 Å². The van der Waals surface area contributed by atoms with Crippen LogP contribution in [-0.4, -0.2) is 5.78 Å². The van der Waals surface area contributed by atoms with Crippen molar-refractivity contribution in [2.24, 2.45) is 45.3 Å². The summed E-state index contributed by atoms with van der Waals surface area (Å²) in [7, 11) is 0. The van der Waals surface area contributed by atoms with E-state index in [2.05, 4.69) is 104 Å². The lowest BCUT2D eigenvalue weighted by molar-refractivity contribution is -0.195. The molecule has 7 atom stereocenters. The second kappa shape index (κ2) is 9.64. The van der Waals surface area contributed by atoms with Gasteiger partial charge in [0.1, 0.15) is 0 Å². The maximum Gasteiger partial charge on any atom is 0.164 e. The normalized spacial score (nSPS) is 41.3. The lowest BCUT2D eigenvalue weighted by atomic mass is 9.35. The number of allylic oxidation sites excluding steroid dienone is 5.